The molecule has 2 rings (SSSR count). The topological polar surface area (TPSA) is 61.4 Å². The van der Waals surface area contributed by atoms with Gasteiger partial charge in [-0.3, -0.25) is 4.79 Å². The lowest BCUT2D eigenvalue weighted by molar-refractivity contribution is -0.131. The number of benzene rings is 1. The van der Waals surface area contributed by atoms with E-state index in [0.717, 1.165) is 19.4 Å². The third-order valence-corrected chi connectivity index (χ3v) is 4.35. The highest BCUT2D eigenvalue weighted by Crippen LogP contribution is 2.26. The summed E-state index contributed by atoms with van der Waals surface area (Å²) in [4.78, 5) is 12.4. The monoisotopic (exact) mass is 308 g/mol. The number of nitrogens with one attached hydrogen (secondary N) is 2. The zero-order valence-corrected chi connectivity index (χ0v) is 13.2. The van der Waals surface area contributed by atoms with E-state index in [1.54, 1.807) is 12.1 Å². The number of halogens is 1. The molecule has 0 aliphatic carbocycles. The van der Waals surface area contributed by atoms with Gasteiger partial charge in [0.25, 0.3) is 0 Å². The Balaban J connectivity index is 1.87. The van der Waals surface area contributed by atoms with E-state index >= 15 is 0 Å². The largest absolute Gasteiger partial charge is 0.388 e. The van der Waals surface area contributed by atoms with Gasteiger partial charge in [-0.15, -0.1) is 0 Å². The van der Waals surface area contributed by atoms with Crippen LogP contribution in [-0.4, -0.2) is 30.1 Å². The van der Waals surface area contributed by atoms with Gasteiger partial charge in [0.1, 0.15) is 5.82 Å². The molecule has 3 unspecified atom stereocenters. The van der Waals surface area contributed by atoms with E-state index in [9.17, 15) is 14.3 Å². The Morgan fingerprint density at radius 3 is 2.73 bits per heavy atom. The first-order chi connectivity index (χ1) is 10.4. The molecule has 0 spiro atoms. The minimum atomic E-state index is -0.715. The van der Waals surface area contributed by atoms with Crippen molar-refractivity contribution in [2.75, 3.05) is 13.1 Å². The van der Waals surface area contributed by atoms with Crippen molar-refractivity contribution in [3.05, 3.63) is 35.6 Å². The first kappa shape index (κ1) is 16.9. The molecule has 22 heavy (non-hydrogen) atoms. The summed E-state index contributed by atoms with van der Waals surface area (Å²) in [5.41, 5.74) is 0.279. The number of hydrogen-bond acceptors (Lipinski definition) is 3. The Bertz CT molecular complexity index is 498. The van der Waals surface area contributed by atoms with Gasteiger partial charge in [-0.25, -0.2) is 4.39 Å². The highest BCUT2D eigenvalue weighted by Gasteiger charge is 2.35. The fraction of sp³-hybridized carbons (Fsp3) is 0.588. The molecule has 1 heterocycles. The maximum Gasteiger partial charge on any atom is 0.227 e. The number of carbonyl (C=O) groups is 1. The van der Waals surface area contributed by atoms with Gasteiger partial charge in [-0.2, -0.15) is 0 Å². The van der Waals surface area contributed by atoms with Crippen LogP contribution in [0.25, 0.3) is 0 Å². The van der Waals surface area contributed by atoms with Crippen LogP contribution in [0.2, 0.25) is 0 Å². The molecule has 0 bridgehead atoms. The molecule has 122 valence electrons. The SMILES string of the molecule is CC(CC(O)c1ccc(F)cc1)NC(=O)C1(C)CCCNC1. The highest BCUT2D eigenvalue weighted by molar-refractivity contribution is 5.82. The number of carbonyl (C=O) groups excluding carboxylic acids is 1. The number of hydrogen-bond donors (Lipinski definition) is 3. The van der Waals surface area contributed by atoms with E-state index in [1.807, 2.05) is 13.8 Å². The van der Waals surface area contributed by atoms with Crippen LogP contribution in [0.5, 0.6) is 0 Å². The first-order valence-electron chi connectivity index (χ1n) is 7.86. The van der Waals surface area contributed by atoms with Crippen molar-refractivity contribution in [2.24, 2.45) is 5.41 Å². The summed E-state index contributed by atoms with van der Waals surface area (Å²) in [7, 11) is 0. The van der Waals surface area contributed by atoms with Crippen molar-refractivity contribution in [2.45, 2.75) is 45.3 Å². The van der Waals surface area contributed by atoms with E-state index < -0.39 is 6.10 Å². The molecule has 1 aliphatic rings. The quantitative estimate of drug-likeness (QED) is 0.781. The minimum Gasteiger partial charge on any atom is -0.388 e. The molecular formula is C17H25FN2O2. The van der Waals surface area contributed by atoms with E-state index in [-0.39, 0.29) is 23.2 Å². The fourth-order valence-electron chi connectivity index (χ4n) is 2.86. The van der Waals surface area contributed by atoms with Gasteiger partial charge in [0.2, 0.25) is 5.91 Å². The molecule has 4 nitrogen and oxygen atoms in total. The highest BCUT2D eigenvalue weighted by atomic mass is 19.1. The second-order valence-electron chi connectivity index (χ2n) is 6.52. The third kappa shape index (κ3) is 4.27. The summed E-state index contributed by atoms with van der Waals surface area (Å²) >= 11 is 0. The van der Waals surface area contributed by atoms with Gasteiger partial charge >= 0.3 is 0 Å². The van der Waals surface area contributed by atoms with E-state index in [0.29, 0.717) is 18.5 Å². The number of rotatable bonds is 5. The second kappa shape index (κ2) is 7.20. The average Bonchev–Trinajstić information content (AvgIpc) is 2.48. The van der Waals surface area contributed by atoms with Crippen molar-refractivity contribution in [1.29, 1.82) is 0 Å². The number of aliphatic hydroxyl groups is 1. The van der Waals surface area contributed by atoms with Gasteiger partial charge in [0.05, 0.1) is 11.5 Å². The lowest BCUT2D eigenvalue weighted by Crippen LogP contribution is -2.50. The normalized spacial score (nSPS) is 24.5. The van der Waals surface area contributed by atoms with Crippen LogP contribution < -0.4 is 10.6 Å². The van der Waals surface area contributed by atoms with Gasteiger partial charge in [-0.1, -0.05) is 12.1 Å². The first-order valence-corrected chi connectivity index (χ1v) is 7.86. The Kier molecular flexibility index (Phi) is 5.53. The lowest BCUT2D eigenvalue weighted by atomic mass is 9.81. The molecule has 1 aromatic carbocycles. The van der Waals surface area contributed by atoms with E-state index in [4.69, 9.17) is 0 Å². The predicted octanol–water partition coefficient (Wildman–Crippen LogP) is 2.14. The van der Waals surface area contributed by atoms with Crippen LogP contribution in [-0.2, 0) is 4.79 Å². The Hall–Kier alpha value is -1.46. The number of piperidine rings is 1. The lowest BCUT2D eigenvalue weighted by Gasteiger charge is -2.34. The van der Waals surface area contributed by atoms with E-state index in [2.05, 4.69) is 10.6 Å². The van der Waals surface area contributed by atoms with Crippen LogP contribution in [0, 0.1) is 11.2 Å². The molecule has 0 radical (unpaired) electrons. The van der Waals surface area contributed by atoms with Crippen LogP contribution in [0.4, 0.5) is 4.39 Å². The van der Waals surface area contributed by atoms with Crippen LogP contribution in [0.3, 0.4) is 0 Å². The summed E-state index contributed by atoms with van der Waals surface area (Å²) in [6.07, 6.45) is 1.56. The smallest absolute Gasteiger partial charge is 0.227 e. The predicted molar refractivity (Wildman–Crippen MR) is 83.8 cm³/mol. The van der Waals surface area contributed by atoms with Crippen molar-refractivity contribution < 1.29 is 14.3 Å². The van der Waals surface area contributed by atoms with Crippen molar-refractivity contribution in [1.82, 2.24) is 10.6 Å². The molecule has 5 heteroatoms. The average molecular weight is 308 g/mol. The zero-order chi connectivity index (χ0) is 16.2. The van der Waals surface area contributed by atoms with Gasteiger partial charge in [0, 0.05) is 12.6 Å². The maximum absolute atomic E-state index is 12.9. The summed E-state index contributed by atoms with van der Waals surface area (Å²) in [6.45, 7) is 5.50. The van der Waals surface area contributed by atoms with Crippen molar-refractivity contribution in [3.8, 4) is 0 Å². The molecule has 3 atom stereocenters. The van der Waals surface area contributed by atoms with Gasteiger partial charge < -0.3 is 15.7 Å². The minimum absolute atomic E-state index is 0.0264. The van der Waals surface area contributed by atoms with Gasteiger partial charge in [0.15, 0.2) is 0 Å². The fourth-order valence-corrected chi connectivity index (χ4v) is 2.86. The zero-order valence-electron chi connectivity index (χ0n) is 13.2. The Labute approximate surface area is 131 Å². The molecule has 0 aromatic heterocycles. The third-order valence-electron chi connectivity index (χ3n) is 4.35. The molecular weight excluding hydrogens is 283 g/mol. The van der Waals surface area contributed by atoms with E-state index in [1.165, 1.54) is 12.1 Å². The number of amides is 1. The molecule has 1 fully saturated rings. The molecule has 1 amide bonds. The standard InChI is InChI=1S/C17H25FN2O2/c1-12(10-15(21)13-4-6-14(18)7-5-13)20-16(22)17(2)8-3-9-19-11-17/h4-7,12,15,19,21H,3,8-11H2,1-2H3,(H,20,22). The summed E-state index contributed by atoms with van der Waals surface area (Å²) in [6, 6.07) is 5.65. The number of aliphatic hydroxyl groups excluding tert-OH is 1. The van der Waals surface area contributed by atoms with Crippen molar-refractivity contribution in [3.63, 3.8) is 0 Å². The van der Waals surface area contributed by atoms with Gasteiger partial charge in [-0.05, 0) is 57.4 Å². The van der Waals surface area contributed by atoms with Crippen molar-refractivity contribution >= 4 is 5.91 Å². The second-order valence-corrected chi connectivity index (χ2v) is 6.52. The summed E-state index contributed by atoms with van der Waals surface area (Å²) in [5.74, 6) is -0.298. The van der Waals surface area contributed by atoms with Crippen LogP contribution in [0.1, 0.15) is 44.8 Å². The Morgan fingerprint density at radius 2 is 2.14 bits per heavy atom. The summed E-state index contributed by atoms with van der Waals surface area (Å²) < 4.78 is 12.9. The molecule has 1 saturated heterocycles. The van der Waals surface area contributed by atoms with Crippen LogP contribution in [0.15, 0.2) is 24.3 Å². The molecule has 1 aromatic rings. The molecule has 3 N–H and O–H groups in total. The summed E-state index contributed by atoms with van der Waals surface area (Å²) in [5, 5.41) is 16.4. The van der Waals surface area contributed by atoms with Crippen LogP contribution >= 0.6 is 0 Å². The molecule has 1 aliphatic heterocycles. The maximum atomic E-state index is 12.9. The molecule has 0 saturated carbocycles. The Morgan fingerprint density at radius 1 is 1.45 bits per heavy atom.